The lowest BCUT2D eigenvalue weighted by Crippen LogP contribution is -1.86. The standard InChI is InChI=1S/C12H9BrFN/c1-8-6-12(15-7-11(8)13)9-2-4-10(14)5-3-9/h2-7H,1H3. The van der Waals surface area contributed by atoms with Gasteiger partial charge in [0.15, 0.2) is 0 Å². The van der Waals surface area contributed by atoms with Crippen molar-refractivity contribution in [2.24, 2.45) is 0 Å². The highest BCUT2D eigenvalue weighted by molar-refractivity contribution is 9.10. The molecule has 1 aromatic heterocycles. The largest absolute Gasteiger partial charge is 0.255 e. The molecule has 0 unspecified atom stereocenters. The molecule has 0 saturated carbocycles. The first kappa shape index (κ1) is 10.3. The quantitative estimate of drug-likeness (QED) is 0.761. The fourth-order valence-corrected chi connectivity index (χ4v) is 1.53. The topological polar surface area (TPSA) is 12.9 Å². The molecule has 0 atom stereocenters. The lowest BCUT2D eigenvalue weighted by Gasteiger charge is -2.03. The molecule has 0 spiro atoms. The average molecular weight is 266 g/mol. The molecular weight excluding hydrogens is 257 g/mol. The third kappa shape index (κ3) is 2.23. The zero-order valence-electron chi connectivity index (χ0n) is 8.17. The summed E-state index contributed by atoms with van der Waals surface area (Å²) in [6.07, 6.45) is 1.76. The van der Waals surface area contributed by atoms with Crippen LogP contribution in [-0.4, -0.2) is 4.98 Å². The van der Waals surface area contributed by atoms with Gasteiger partial charge in [-0.1, -0.05) is 0 Å². The van der Waals surface area contributed by atoms with Gasteiger partial charge in [0.05, 0.1) is 5.69 Å². The molecule has 0 aliphatic heterocycles. The van der Waals surface area contributed by atoms with E-state index in [4.69, 9.17) is 0 Å². The predicted octanol–water partition coefficient (Wildman–Crippen LogP) is 3.96. The van der Waals surface area contributed by atoms with E-state index in [1.165, 1.54) is 12.1 Å². The van der Waals surface area contributed by atoms with E-state index in [1.54, 1.807) is 18.3 Å². The molecule has 2 aromatic rings. The Morgan fingerprint density at radius 2 is 1.87 bits per heavy atom. The minimum atomic E-state index is -0.229. The SMILES string of the molecule is Cc1cc(-c2ccc(F)cc2)ncc1Br. The molecule has 1 heterocycles. The highest BCUT2D eigenvalue weighted by Crippen LogP contribution is 2.22. The number of benzene rings is 1. The Bertz CT molecular complexity index is 479. The zero-order valence-corrected chi connectivity index (χ0v) is 9.75. The summed E-state index contributed by atoms with van der Waals surface area (Å²) in [5.74, 6) is -0.229. The highest BCUT2D eigenvalue weighted by atomic mass is 79.9. The van der Waals surface area contributed by atoms with Crippen LogP contribution in [0.25, 0.3) is 11.3 Å². The summed E-state index contributed by atoms with van der Waals surface area (Å²) in [6, 6.07) is 8.30. The van der Waals surface area contributed by atoms with Gasteiger partial charge in [0.25, 0.3) is 0 Å². The minimum absolute atomic E-state index is 0.229. The number of pyridine rings is 1. The average Bonchev–Trinajstić information content (AvgIpc) is 2.23. The third-order valence-electron chi connectivity index (χ3n) is 2.19. The molecular formula is C12H9BrFN. The van der Waals surface area contributed by atoms with Crippen LogP contribution in [-0.2, 0) is 0 Å². The summed E-state index contributed by atoms with van der Waals surface area (Å²) < 4.78 is 13.7. The number of aryl methyl sites for hydroxylation is 1. The van der Waals surface area contributed by atoms with Crippen molar-refractivity contribution in [2.45, 2.75) is 6.92 Å². The summed E-state index contributed by atoms with van der Waals surface area (Å²) in [6.45, 7) is 2.00. The van der Waals surface area contributed by atoms with E-state index in [0.29, 0.717) is 0 Å². The van der Waals surface area contributed by atoms with Crippen molar-refractivity contribution in [2.75, 3.05) is 0 Å². The van der Waals surface area contributed by atoms with E-state index in [2.05, 4.69) is 20.9 Å². The summed E-state index contributed by atoms with van der Waals surface area (Å²) in [4.78, 5) is 4.27. The van der Waals surface area contributed by atoms with E-state index in [9.17, 15) is 4.39 Å². The normalized spacial score (nSPS) is 10.3. The lowest BCUT2D eigenvalue weighted by molar-refractivity contribution is 0.628. The van der Waals surface area contributed by atoms with Crippen molar-refractivity contribution in [1.29, 1.82) is 0 Å². The summed E-state index contributed by atoms with van der Waals surface area (Å²) in [5.41, 5.74) is 2.90. The van der Waals surface area contributed by atoms with Crippen LogP contribution >= 0.6 is 15.9 Å². The molecule has 0 fully saturated rings. The Labute approximate surface area is 96.1 Å². The smallest absolute Gasteiger partial charge is 0.123 e. The van der Waals surface area contributed by atoms with Gasteiger partial charge in [0.2, 0.25) is 0 Å². The Balaban J connectivity index is 2.45. The number of rotatable bonds is 1. The van der Waals surface area contributed by atoms with Gasteiger partial charge < -0.3 is 0 Å². The molecule has 2 rings (SSSR count). The van der Waals surface area contributed by atoms with Gasteiger partial charge in [-0.05, 0) is 58.7 Å². The van der Waals surface area contributed by atoms with Crippen LogP contribution in [0.2, 0.25) is 0 Å². The zero-order chi connectivity index (χ0) is 10.8. The minimum Gasteiger partial charge on any atom is -0.255 e. The molecule has 76 valence electrons. The summed E-state index contributed by atoms with van der Waals surface area (Å²) in [7, 11) is 0. The second-order valence-corrected chi connectivity index (χ2v) is 4.18. The van der Waals surface area contributed by atoms with E-state index in [1.807, 2.05) is 13.0 Å². The van der Waals surface area contributed by atoms with Crippen molar-refractivity contribution in [3.8, 4) is 11.3 Å². The van der Waals surface area contributed by atoms with Crippen LogP contribution in [0, 0.1) is 12.7 Å². The maximum Gasteiger partial charge on any atom is 0.123 e. The molecule has 0 aliphatic carbocycles. The molecule has 0 saturated heterocycles. The second-order valence-electron chi connectivity index (χ2n) is 3.33. The maximum atomic E-state index is 12.7. The monoisotopic (exact) mass is 265 g/mol. The van der Waals surface area contributed by atoms with Crippen LogP contribution in [0.15, 0.2) is 41.0 Å². The van der Waals surface area contributed by atoms with E-state index in [0.717, 1.165) is 21.3 Å². The summed E-state index contributed by atoms with van der Waals surface area (Å²) >= 11 is 3.39. The van der Waals surface area contributed by atoms with Crippen LogP contribution in [0.5, 0.6) is 0 Å². The molecule has 15 heavy (non-hydrogen) atoms. The number of nitrogens with zero attached hydrogens (tertiary/aromatic N) is 1. The van der Waals surface area contributed by atoms with E-state index in [-0.39, 0.29) is 5.82 Å². The Morgan fingerprint density at radius 1 is 1.20 bits per heavy atom. The van der Waals surface area contributed by atoms with Crippen molar-refractivity contribution in [3.05, 3.63) is 52.4 Å². The molecule has 0 N–H and O–H groups in total. The first-order valence-corrected chi connectivity index (χ1v) is 5.34. The second kappa shape index (κ2) is 4.11. The van der Waals surface area contributed by atoms with Gasteiger partial charge in [0, 0.05) is 16.2 Å². The first-order chi connectivity index (χ1) is 7.16. The lowest BCUT2D eigenvalue weighted by atomic mass is 10.1. The van der Waals surface area contributed by atoms with Crippen molar-refractivity contribution in [3.63, 3.8) is 0 Å². The maximum absolute atomic E-state index is 12.7. The molecule has 0 amide bonds. The van der Waals surface area contributed by atoms with Crippen molar-refractivity contribution >= 4 is 15.9 Å². The van der Waals surface area contributed by atoms with E-state index >= 15 is 0 Å². The number of hydrogen-bond donors (Lipinski definition) is 0. The van der Waals surface area contributed by atoms with E-state index < -0.39 is 0 Å². The van der Waals surface area contributed by atoms with Crippen LogP contribution in [0.3, 0.4) is 0 Å². The van der Waals surface area contributed by atoms with Crippen LogP contribution in [0.4, 0.5) is 4.39 Å². The fourth-order valence-electron chi connectivity index (χ4n) is 1.32. The highest BCUT2D eigenvalue weighted by Gasteiger charge is 2.01. The number of halogens is 2. The third-order valence-corrected chi connectivity index (χ3v) is 3.02. The van der Waals surface area contributed by atoms with Gasteiger partial charge in [-0.2, -0.15) is 0 Å². The molecule has 0 aliphatic rings. The Kier molecular flexibility index (Phi) is 2.82. The summed E-state index contributed by atoms with van der Waals surface area (Å²) in [5, 5.41) is 0. The van der Waals surface area contributed by atoms with Crippen molar-refractivity contribution in [1.82, 2.24) is 4.98 Å². The predicted molar refractivity (Wildman–Crippen MR) is 62.1 cm³/mol. The van der Waals surface area contributed by atoms with Gasteiger partial charge in [-0.3, -0.25) is 4.98 Å². The van der Waals surface area contributed by atoms with Gasteiger partial charge in [-0.25, -0.2) is 4.39 Å². The fraction of sp³-hybridized carbons (Fsp3) is 0.0833. The number of aromatic nitrogens is 1. The molecule has 0 bridgehead atoms. The molecule has 0 radical (unpaired) electrons. The van der Waals surface area contributed by atoms with Gasteiger partial charge >= 0.3 is 0 Å². The van der Waals surface area contributed by atoms with Crippen molar-refractivity contribution < 1.29 is 4.39 Å². The van der Waals surface area contributed by atoms with Crippen LogP contribution < -0.4 is 0 Å². The number of hydrogen-bond acceptors (Lipinski definition) is 1. The molecule has 1 aromatic carbocycles. The molecule has 1 nitrogen and oxygen atoms in total. The van der Waals surface area contributed by atoms with Gasteiger partial charge in [0.1, 0.15) is 5.82 Å². The van der Waals surface area contributed by atoms with Crippen LogP contribution in [0.1, 0.15) is 5.56 Å². The van der Waals surface area contributed by atoms with Gasteiger partial charge in [-0.15, -0.1) is 0 Å². The Morgan fingerprint density at radius 3 is 2.47 bits per heavy atom. The Hall–Kier alpha value is -1.22. The molecule has 3 heteroatoms. The first-order valence-electron chi connectivity index (χ1n) is 4.55.